The second-order valence-electron chi connectivity index (χ2n) is 6.12. The summed E-state index contributed by atoms with van der Waals surface area (Å²) in [4.78, 5) is 25.2. The van der Waals surface area contributed by atoms with E-state index in [1.165, 1.54) is 0 Å². The molecule has 2 N–H and O–H groups in total. The van der Waals surface area contributed by atoms with Gasteiger partial charge >= 0.3 is 0 Å². The fourth-order valence-corrected chi connectivity index (χ4v) is 3.16. The lowest BCUT2D eigenvalue weighted by atomic mass is 10.2. The second-order valence-corrected chi connectivity index (χ2v) is 7.15. The largest absolute Gasteiger partial charge is 0.488 e. The van der Waals surface area contributed by atoms with E-state index in [9.17, 15) is 9.59 Å². The molecule has 0 radical (unpaired) electrons. The zero-order chi connectivity index (χ0) is 20.5. The van der Waals surface area contributed by atoms with E-state index in [1.54, 1.807) is 53.8 Å². The Bertz CT molecular complexity index is 957. The van der Waals surface area contributed by atoms with Crippen LogP contribution in [0.4, 0.5) is 5.69 Å². The van der Waals surface area contributed by atoms with Crippen molar-refractivity contribution >= 4 is 28.8 Å². The highest BCUT2D eigenvalue weighted by atomic mass is 32.1. The standard InChI is InChI=1S/C22H22N2O4S/c1-2-23-21(25)15-28-19-9-4-7-17(13-19)24-22(26)16-6-3-8-18(12-16)27-14-20-10-5-11-29-20/h3-13H,2,14-15H2,1H3,(H,23,25)(H,24,26). The van der Waals surface area contributed by atoms with Gasteiger partial charge in [0.25, 0.3) is 11.8 Å². The number of nitrogens with one attached hydrogen (secondary N) is 2. The fourth-order valence-electron chi connectivity index (χ4n) is 2.54. The van der Waals surface area contributed by atoms with Gasteiger partial charge in [-0.1, -0.05) is 18.2 Å². The lowest BCUT2D eigenvalue weighted by molar-refractivity contribution is -0.122. The Morgan fingerprint density at radius 1 is 0.966 bits per heavy atom. The number of benzene rings is 2. The molecule has 1 heterocycles. The maximum Gasteiger partial charge on any atom is 0.257 e. The highest BCUT2D eigenvalue weighted by Crippen LogP contribution is 2.20. The monoisotopic (exact) mass is 410 g/mol. The Morgan fingerprint density at radius 3 is 2.52 bits per heavy atom. The Kier molecular flexibility index (Phi) is 7.24. The van der Waals surface area contributed by atoms with Crippen molar-refractivity contribution in [2.24, 2.45) is 0 Å². The minimum atomic E-state index is -0.257. The molecule has 29 heavy (non-hydrogen) atoms. The van der Waals surface area contributed by atoms with Gasteiger partial charge in [0.1, 0.15) is 18.1 Å². The molecule has 0 aliphatic heterocycles. The number of ether oxygens (including phenoxy) is 2. The van der Waals surface area contributed by atoms with Crippen molar-refractivity contribution in [1.82, 2.24) is 5.32 Å². The van der Waals surface area contributed by atoms with Crippen LogP contribution in [-0.4, -0.2) is 25.0 Å². The minimum Gasteiger partial charge on any atom is -0.488 e. The maximum absolute atomic E-state index is 12.6. The van der Waals surface area contributed by atoms with Gasteiger partial charge in [0.2, 0.25) is 0 Å². The van der Waals surface area contributed by atoms with E-state index in [0.717, 1.165) is 4.88 Å². The van der Waals surface area contributed by atoms with Crippen molar-refractivity contribution in [3.8, 4) is 11.5 Å². The van der Waals surface area contributed by atoms with Crippen molar-refractivity contribution in [1.29, 1.82) is 0 Å². The molecule has 0 atom stereocenters. The van der Waals surface area contributed by atoms with Crippen molar-refractivity contribution in [2.45, 2.75) is 13.5 Å². The minimum absolute atomic E-state index is 0.0745. The average Bonchev–Trinajstić information content (AvgIpc) is 3.25. The molecule has 0 aliphatic rings. The Hall–Kier alpha value is -3.32. The number of rotatable bonds is 9. The molecule has 0 saturated carbocycles. The van der Waals surface area contributed by atoms with E-state index >= 15 is 0 Å². The van der Waals surface area contributed by atoms with E-state index in [2.05, 4.69) is 10.6 Å². The summed E-state index contributed by atoms with van der Waals surface area (Å²) in [6, 6.07) is 17.9. The first-order valence-corrected chi connectivity index (χ1v) is 10.1. The number of thiophene rings is 1. The maximum atomic E-state index is 12.6. The molecular formula is C22H22N2O4S. The smallest absolute Gasteiger partial charge is 0.257 e. The predicted octanol–water partition coefficient (Wildman–Crippen LogP) is 4.09. The molecule has 7 heteroatoms. The molecule has 150 valence electrons. The number of likely N-dealkylation sites (N-methyl/N-ethyl adjacent to an activating group) is 1. The van der Waals surface area contributed by atoms with Crippen molar-refractivity contribution in [2.75, 3.05) is 18.5 Å². The van der Waals surface area contributed by atoms with Crippen LogP contribution in [0.5, 0.6) is 11.5 Å². The van der Waals surface area contributed by atoms with Gasteiger partial charge in [-0.15, -0.1) is 11.3 Å². The topological polar surface area (TPSA) is 76.7 Å². The Balaban J connectivity index is 1.59. The van der Waals surface area contributed by atoms with E-state index in [1.807, 2.05) is 30.5 Å². The van der Waals surface area contributed by atoms with Gasteiger partial charge in [-0.25, -0.2) is 0 Å². The van der Waals surface area contributed by atoms with Crippen molar-refractivity contribution < 1.29 is 19.1 Å². The molecule has 0 aliphatic carbocycles. The third-order valence-electron chi connectivity index (χ3n) is 3.89. The van der Waals surface area contributed by atoms with E-state index in [-0.39, 0.29) is 18.4 Å². The van der Waals surface area contributed by atoms with E-state index < -0.39 is 0 Å². The second kappa shape index (κ2) is 10.3. The van der Waals surface area contributed by atoms with E-state index in [4.69, 9.17) is 9.47 Å². The van der Waals surface area contributed by atoms with Crippen LogP contribution in [0.25, 0.3) is 0 Å². The summed E-state index contributed by atoms with van der Waals surface area (Å²) in [5, 5.41) is 7.50. The lowest BCUT2D eigenvalue weighted by Crippen LogP contribution is -2.28. The molecule has 0 unspecified atom stereocenters. The van der Waals surface area contributed by atoms with Gasteiger partial charge < -0.3 is 20.1 Å². The predicted molar refractivity (Wildman–Crippen MR) is 114 cm³/mol. The van der Waals surface area contributed by atoms with Gasteiger partial charge in [-0.3, -0.25) is 9.59 Å². The van der Waals surface area contributed by atoms with Crippen LogP contribution in [0.2, 0.25) is 0 Å². The van der Waals surface area contributed by atoms with Gasteiger partial charge in [0, 0.05) is 28.7 Å². The van der Waals surface area contributed by atoms with Crippen LogP contribution >= 0.6 is 11.3 Å². The number of carbonyl (C=O) groups is 2. The molecule has 1 aromatic heterocycles. The van der Waals surface area contributed by atoms with Crippen LogP contribution in [0.1, 0.15) is 22.2 Å². The number of anilines is 1. The zero-order valence-electron chi connectivity index (χ0n) is 16.0. The van der Waals surface area contributed by atoms with Crippen molar-refractivity contribution in [3.05, 3.63) is 76.5 Å². The van der Waals surface area contributed by atoms with Crippen LogP contribution < -0.4 is 20.1 Å². The van der Waals surface area contributed by atoms with Crippen LogP contribution in [-0.2, 0) is 11.4 Å². The SMILES string of the molecule is CCNC(=O)COc1cccc(NC(=O)c2cccc(OCc3cccs3)c2)c1. The average molecular weight is 410 g/mol. The lowest BCUT2D eigenvalue weighted by Gasteiger charge is -2.10. The molecule has 3 rings (SSSR count). The fraction of sp³-hybridized carbons (Fsp3) is 0.182. The van der Waals surface area contributed by atoms with Crippen LogP contribution in [0, 0.1) is 0 Å². The first kappa shape index (κ1) is 20.4. The number of amides is 2. The summed E-state index contributed by atoms with van der Waals surface area (Å²) in [6.45, 7) is 2.78. The summed E-state index contributed by atoms with van der Waals surface area (Å²) in [7, 11) is 0. The highest BCUT2D eigenvalue weighted by Gasteiger charge is 2.09. The molecule has 0 fully saturated rings. The Labute approximate surface area is 173 Å². The van der Waals surface area contributed by atoms with Gasteiger partial charge in [-0.05, 0) is 48.7 Å². The number of carbonyl (C=O) groups excluding carboxylic acids is 2. The van der Waals surface area contributed by atoms with Gasteiger partial charge in [0.05, 0.1) is 0 Å². The highest BCUT2D eigenvalue weighted by molar-refractivity contribution is 7.09. The molecule has 0 spiro atoms. The molecule has 0 bridgehead atoms. The number of hydrogen-bond acceptors (Lipinski definition) is 5. The summed E-state index contributed by atoms with van der Waals surface area (Å²) < 4.78 is 11.2. The van der Waals surface area contributed by atoms with Gasteiger partial charge in [0.15, 0.2) is 6.61 Å². The summed E-state index contributed by atoms with van der Waals surface area (Å²) in [5.74, 6) is 0.681. The van der Waals surface area contributed by atoms with E-state index in [0.29, 0.717) is 35.9 Å². The Morgan fingerprint density at radius 2 is 1.76 bits per heavy atom. The molecule has 2 aromatic carbocycles. The third-order valence-corrected chi connectivity index (χ3v) is 4.74. The zero-order valence-corrected chi connectivity index (χ0v) is 16.8. The number of hydrogen-bond donors (Lipinski definition) is 2. The quantitative estimate of drug-likeness (QED) is 0.557. The van der Waals surface area contributed by atoms with Gasteiger partial charge in [-0.2, -0.15) is 0 Å². The summed E-state index contributed by atoms with van der Waals surface area (Å²) in [6.07, 6.45) is 0. The summed E-state index contributed by atoms with van der Waals surface area (Å²) in [5.41, 5.74) is 1.07. The van der Waals surface area contributed by atoms with Crippen LogP contribution in [0.3, 0.4) is 0 Å². The summed E-state index contributed by atoms with van der Waals surface area (Å²) >= 11 is 1.62. The third kappa shape index (κ3) is 6.36. The molecule has 6 nitrogen and oxygen atoms in total. The first-order valence-electron chi connectivity index (χ1n) is 9.20. The normalized spacial score (nSPS) is 10.2. The molecule has 2 amide bonds. The molecule has 3 aromatic rings. The molecule has 0 saturated heterocycles. The van der Waals surface area contributed by atoms with Crippen molar-refractivity contribution in [3.63, 3.8) is 0 Å². The van der Waals surface area contributed by atoms with Crippen LogP contribution in [0.15, 0.2) is 66.0 Å². The molecular weight excluding hydrogens is 388 g/mol. The first-order chi connectivity index (χ1) is 14.1.